The van der Waals surface area contributed by atoms with Crippen molar-refractivity contribution in [2.75, 3.05) is 17.7 Å². The summed E-state index contributed by atoms with van der Waals surface area (Å²) in [4.78, 5) is 13.5. The number of aromatic nitrogens is 3. The van der Waals surface area contributed by atoms with Crippen molar-refractivity contribution in [1.29, 1.82) is 0 Å². The average Bonchev–Trinajstić information content (AvgIpc) is 2.79. The molecule has 2 N–H and O–H groups in total. The number of nitrogens with one attached hydrogen (secondary N) is 2. The summed E-state index contributed by atoms with van der Waals surface area (Å²) in [5, 5.41) is 6.64. The highest BCUT2D eigenvalue weighted by atomic mass is 16.5. The van der Waals surface area contributed by atoms with Gasteiger partial charge >= 0.3 is 0 Å². The fraction of sp³-hybridized carbons (Fsp3) is 0.0870. The Hall–Kier alpha value is -3.93. The molecule has 0 radical (unpaired) electrons. The minimum Gasteiger partial charge on any atom is -0.495 e. The second-order valence-corrected chi connectivity index (χ2v) is 6.37. The standard InChI is InChI=1S/C23H21N5O/c1-29-21-12-6-5-11-19(21)26-22-14-20(18-9-3-2-4-10-18)27-23(28-22)25-16-17-8-7-13-24-15-17/h2-15H,16H2,1H3,(H2,25,26,27,28). The van der Waals surface area contributed by atoms with E-state index in [1.54, 1.807) is 13.3 Å². The Morgan fingerprint density at radius 2 is 1.72 bits per heavy atom. The lowest BCUT2D eigenvalue weighted by Gasteiger charge is -2.13. The largest absolute Gasteiger partial charge is 0.495 e. The predicted molar refractivity (Wildman–Crippen MR) is 115 cm³/mol. The van der Waals surface area contributed by atoms with Crippen LogP contribution >= 0.6 is 0 Å². The van der Waals surface area contributed by atoms with E-state index < -0.39 is 0 Å². The number of rotatable bonds is 7. The van der Waals surface area contributed by atoms with E-state index in [-0.39, 0.29) is 0 Å². The maximum Gasteiger partial charge on any atom is 0.225 e. The quantitative estimate of drug-likeness (QED) is 0.473. The first kappa shape index (κ1) is 18.4. The third-order valence-electron chi connectivity index (χ3n) is 4.34. The van der Waals surface area contributed by atoms with Crippen molar-refractivity contribution < 1.29 is 4.74 Å². The lowest BCUT2D eigenvalue weighted by Crippen LogP contribution is -2.06. The van der Waals surface area contributed by atoms with Crippen LogP contribution in [0.2, 0.25) is 0 Å². The molecule has 0 bridgehead atoms. The molecule has 0 atom stereocenters. The van der Waals surface area contributed by atoms with Crippen LogP contribution in [0.3, 0.4) is 0 Å². The van der Waals surface area contributed by atoms with E-state index in [0.717, 1.165) is 28.3 Å². The van der Waals surface area contributed by atoms with Crippen molar-refractivity contribution in [2.24, 2.45) is 0 Å². The average molecular weight is 383 g/mol. The van der Waals surface area contributed by atoms with Crippen molar-refractivity contribution in [3.8, 4) is 17.0 Å². The first-order chi connectivity index (χ1) is 14.3. The summed E-state index contributed by atoms with van der Waals surface area (Å²) in [6, 6.07) is 23.6. The molecular weight excluding hydrogens is 362 g/mol. The molecule has 4 rings (SSSR count). The minimum absolute atomic E-state index is 0.535. The molecule has 0 fully saturated rings. The van der Waals surface area contributed by atoms with Crippen LogP contribution in [0.15, 0.2) is 85.2 Å². The first-order valence-electron chi connectivity index (χ1n) is 9.29. The topological polar surface area (TPSA) is 72.0 Å². The summed E-state index contributed by atoms with van der Waals surface area (Å²) in [7, 11) is 1.65. The molecule has 0 saturated heterocycles. The number of para-hydroxylation sites is 2. The molecule has 0 spiro atoms. The van der Waals surface area contributed by atoms with Crippen molar-refractivity contribution in [2.45, 2.75) is 6.54 Å². The van der Waals surface area contributed by atoms with Gasteiger partial charge in [-0.2, -0.15) is 4.98 Å². The summed E-state index contributed by atoms with van der Waals surface area (Å²) >= 11 is 0. The number of nitrogens with zero attached hydrogens (tertiary/aromatic N) is 3. The van der Waals surface area contributed by atoms with E-state index in [0.29, 0.717) is 18.3 Å². The third-order valence-corrected chi connectivity index (χ3v) is 4.34. The SMILES string of the molecule is COc1ccccc1Nc1cc(-c2ccccc2)nc(NCc2cccnc2)n1. The molecular formula is C23H21N5O. The van der Waals surface area contributed by atoms with E-state index in [1.165, 1.54) is 0 Å². The molecule has 0 aliphatic rings. The van der Waals surface area contributed by atoms with E-state index in [4.69, 9.17) is 4.74 Å². The highest BCUT2D eigenvalue weighted by Crippen LogP contribution is 2.28. The monoisotopic (exact) mass is 383 g/mol. The molecule has 4 aromatic rings. The van der Waals surface area contributed by atoms with Crippen molar-refractivity contribution >= 4 is 17.5 Å². The maximum absolute atomic E-state index is 5.44. The minimum atomic E-state index is 0.535. The van der Waals surface area contributed by atoms with Crippen LogP contribution in [0.4, 0.5) is 17.5 Å². The summed E-state index contributed by atoms with van der Waals surface area (Å²) < 4.78 is 5.44. The van der Waals surface area contributed by atoms with Crippen molar-refractivity contribution in [1.82, 2.24) is 15.0 Å². The second kappa shape index (κ2) is 8.84. The van der Waals surface area contributed by atoms with Crippen LogP contribution < -0.4 is 15.4 Å². The van der Waals surface area contributed by atoms with Crippen LogP contribution in [0, 0.1) is 0 Å². The summed E-state index contributed by atoms with van der Waals surface area (Å²) in [5.41, 5.74) is 3.74. The van der Waals surface area contributed by atoms with Crippen LogP contribution in [0.5, 0.6) is 5.75 Å². The number of ether oxygens (including phenoxy) is 1. The summed E-state index contributed by atoms with van der Waals surface area (Å²) in [5.74, 6) is 1.96. The van der Waals surface area contributed by atoms with Gasteiger partial charge in [0.2, 0.25) is 5.95 Å². The van der Waals surface area contributed by atoms with Gasteiger partial charge in [-0.3, -0.25) is 4.98 Å². The van der Waals surface area contributed by atoms with E-state index in [1.807, 2.05) is 79.0 Å². The second-order valence-electron chi connectivity index (χ2n) is 6.37. The molecule has 0 aliphatic heterocycles. The van der Waals surface area contributed by atoms with Crippen molar-refractivity contribution in [3.05, 3.63) is 90.8 Å². The lowest BCUT2D eigenvalue weighted by atomic mass is 10.1. The van der Waals surface area contributed by atoms with Gasteiger partial charge in [-0.05, 0) is 23.8 Å². The van der Waals surface area contributed by atoms with Gasteiger partial charge in [0.05, 0.1) is 18.5 Å². The Bertz CT molecular complexity index is 1070. The lowest BCUT2D eigenvalue weighted by molar-refractivity contribution is 0.417. The van der Waals surface area contributed by atoms with Crippen LogP contribution in [-0.4, -0.2) is 22.1 Å². The van der Waals surface area contributed by atoms with E-state index >= 15 is 0 Å². The molecule has 144 valence electrons. The van der Waals surface area contributed by atoms with Gasteiger partial charge in [0.15, 0.2) is 0 Å². The molecule has 0 saturated carbocycles. The molecule has 0 unspecified atom stereocenters. The Morgan fingerprint density at radius 3 is 2.52 bits per heavy atom. The third kappa shape index (κ3) is 4.68. The molecule has 0 amide bonds. The van der Waals surface area contributed by atoms with Gasteiger partial charge in [-0.15, -0.1) is 0 Å². The summed E-state index contributed by atoms with van der Waals surface area (Å²) in [6.07, 6.45) is 3.58. The number of pyridine rings is 1. The number of anilines is 3. The van der Waals surface area contributed by atoms with E-state index in [9.17, 15) is 0 Å². The zero-order valence-electron chi connectivity index (χ0n) is 16.0. The molecule has 6 nitrogen and oxygen atoms in total. The predicted octanol–water partition coefficient (Wildman–Crippen LogP) is 4.90. The molecule has 2 heterocycles. The van der Waals surface area contributed by atoms with Gasteiger partial charge in [0.25, 0.3) is 0 Å². The Labute approximate surface area is 169 Å². The molecule has 2 aromatic heterocycles. The highest BCUT2D eigenvalue weighted by molar-refractivity contribution is 5.69. The van der Waals surface area contributed by atoms with Gasteiger partial charge in [-0.25, -0.2) is 4.98 Å². The zero-order valence-corrected chi connectivity index (χ0v) is 16.0. The summed E-state index contributed by atoms with van der Waals surface area (Å²) in [6.45, 7) is 0.584. The fourth-order valence-electron chi connectivity index (χ4n) is 2.92. The Kier molecular flexibility index (Phi) is 5.62. The van der Waals surface area contributed by atoms with E-state index in [2.05, 4.69) is 25.6 Å². The zero-order chi connectivity index (χ0) is 19.9. The Balaban J connectivity index is 1.66. The molecule has 2 aromatic carbocycles. The molecule has 29 heavy (non-hydrogen) atoms. The van der Waals surface area contributed by atoms with Crippen LogP contribution in [0.1, 0.15) is 5.56 Å². The van der Waals surface area contributed by atoms with Crippen molar-refractivity contribution in [3.63, 3.8) is 0 Å². The van der Waals surface area contributed by atoms with Gasteiger partial charge in [0.1, 0.15) is 11.6 Å². The van der Waals surface area contributed by atoms with Crippen LogP contribution in [0.25, 0.3) is 11.3 Å². The normalized spacial score (nSPS) is 10.4. The maximum atomic E-state index is 5.44. The van der Waals surface area contributed by atoms with Crippen LogP contribution in [-0.2, 0) is 6.54 Å². The fourth-order valence-corrected chi connectivity index (χ4v) is 2.92. The Morgan fingerprint density at radius 1 is 0.897 bits per heavy atom. The van der Waals surface area contributed by atoms with Gasteiger partial charge in [-0.1, -0.05) is 48.5 Å². The number of hydrogen-bond donors (Lipinski definition) is 2. The molecule has 0 aliphatic carbocycles. The van der Waals surface area contributed by atoms with Gasteiger partial charge < -0.3 is 15.4 Å². The van der Waals surface area contributed by atoms with Gasteiger partial charge in [0, 0.05) is 30.6 Å². The number of benzene rings is 2. The molecule has 6 heteroatoms. The number of hydrogen-bond acceptors (Lipinski definition) is 6. The smallest absolute Gasteiger partial charge is 0.225 e. The highest BCUT2D eigenvalue weighted by Gasteiger charge is 2.09. The number of methoxy groups -OCH3 is 1. The first-order valence-corrected chi connectivity index (χ1v) is 9.29.